The summed E-state index contributed by atoms with van der Waals surface area (Å²) in [5.74, 6) is 0. The molecular formula is C11H20N4. The third-order valence-electron chi connectivity index (χ3n) is 3.09. The van der Waals surface area contributed by atoms with E-state index in [1.165, 1.54) is 38.2 Å². The van der Waals surface area contributed by atoms with Gasteiger partial charge in [0.05, 0.1) is 0 Å². The van der Waals surface area contributed by atoms with Crippen molar-refractivity contribution in [1.29, 1.82) is 0 Å². The summed E-state index contributed by atoms with van der Waals surface area (Å²) >= 11 is 0. The minimum absolute atomic E-state index is 0.641. The molecule has 0 radical (unpaired) electrons. The van der Waals surface area contributed by atoms with Gasteiger partial charge in [0.2, 0.25) is 0 Å². The topological polar surface area (TPSA) is 44.0 Å². The normalized spacial score (nSPS) is 23.1. The number of H-pyrrole nitrogens is 1. The number of nitrogens with zero attached hydrogens (tertiary/aromatic N) is 2. The van der Waals surface area contributed by atoms with Gasteiger partial charge in [-0.25, -0.2) is 0 Å². The quantitative estimate of drug-likeness (QED) is 0.775. The molecule has 4 heteroatoms. The molecule has 15 heavy (non-hydrogen) atoms. The predicted molar refractivity (Wildman–Crippen MR) is 60.6 cm³/mol. The fourth-order valence-electron chi connectivity index (χ4n) is 2.15. The molecule has 84 valence electrons. The maximum absolute atomic E-state index is 3.94. The van der Waals surface area contributed by atoms with Crippen molar-refractivity contribution in [3.63, 3.8) is 0 Å². The number of rotatable bonds is 4. The third-order valence-corrected chi connectivity index (χ3v) is 3.09. The first-order valence-electron chi connectivity index (χ1n) is 5.82. The van der Waals surface area contributed by atoms with Crippen molar-refractivity contribution < 1.29 is 0 Å². The van der Waals surface area contributed by atoms with Crippen molar-refractivity contribution in [2.75, 3.05) is 19.6 Å². The van der Waals surface area contributed by atoms with E-state index >= 15 is 0 Å². The van der Waals surface area contributed by atoms with Crippen LogP contribution >= 0.6 is 0 Å². The molecule has 0 saturated carbocycles. The largest absolute Gasteiger partial charge is 0.307 e. The molecule has 1 unspecified atom stereocenters. The monoisotopic (exact) mass is 208 g/mol. The van der Waals surface area contributed by atoms with Crippen LogP contribution in [0, 0.1) is 0 Å². The van der Waals surface area contributed by atoms with E-state index in [4.69, 9.17) is 0 Å². The zero-order chi connectivity index (χ0) is 10.5. The molecule has 1 aromatic heterocycles. The number of likely N-dealkylation sites (tertiary alicyclic amines) is 1. The Bertz CT molecular complexity index is 270. The Balaban J connectivity index is 1.74. The van der Waals surface area contributed by atoms with E-state index in [1.54, 1.807) is 6.20 Å². The summed E-state index contributed by atoms with van der Waals surface area (Å²) in [5, 5.41) is 10.5. The zero-order valence-corrected chi connectivity index (χ0v) is 9.37. The van der Waals surface area contributed by atoms with Crippen LogP contribution in [0.5, 0.6) is 0 Å². The van der Waals surface area contributed by atoms with Gasteiger partial charge in [0.15, 0.2) is 0 Å². The molecule has 2 rings (SSSR count). The van der Waals surface area contributed by atoms with Gasteiger partial charge in [0.1, 0.15) is 0 Å². The summed E-state index contributed by atoms with van der Waals surface area (Å²) in [5.41, 5.74) is 1.17. The standard InChI is InChI=1S/C11H20N4/c1-2-15-7-3-4-11(9-15)12-8-10-5-6-13-14-10/h5-6,11-12H,2-4,7-9H2,1H3,(H,13,14). The van der Waals surface area contributed by atoms with Gasteiger partial charge in [-0.15, -0.1) is 0 Å². The van der Waals surface area contributed by atoms with Crippen molar-refractivity contribution in [1.82, 2.24) is 20.4 Å². The van der Waals surface area contributed by atoms with E-state index in [1.807, 2.05) is 6.07 Å². The molecule has 1 atom stereocenters. The van der Waals surface area contributed by atoms with Gasteiger partial charge in [-0.2, -0.15) is 5.10 Å². The highest BCUT2D eigenvalue weighted by Crippen LogP contribution is 2.09. The number of aromatic amines is 1. The van der Waals surface area contributed by atoms with Crippen LogP contribution in [0.25, 0.3) is 0 Å². The van der Waals surface area contributed by atoms with Gasteiger partial charge in [-0.1, -0.05) is 6.92 Å². The van der Waals surface area contributed by atoms with E-state index in [9.17, 15) is 0 Å². The molecule has 1 aromatic rings. The first-order valence-corrected chi connectivity index (χ1v) is 5.82. The summed E-state index contributed by atoms with van der Waals surface area (Å²) in [6.45, 7) is 6.76. The lowest BCUT2D eigenvalue weighted by molar-refractivity contribution is 0.198. The highest BCUT2D eigenvalue weighted by atomic mass is 15.2. The second-order valence-corrected chi connectivity index (χ2v) is 4.20. The lowest BCUT2D eigenvalue weighted by Gasteiger charge is -2.32. The van der Waals surface area contributed by atoms with E-state index in [0.29, 0.717) is 6.04 Å². The predicted octanol–water partition coefficient (Wildman–Crippen LogP) is 0.984. The Morgan fingerprint density at radius 2 is 2.60 bits per heavy atom. The molecule has 0 spiro atoms. The molecule has 2 heterocycles. The smallest absolute Gasteiger partial charge is 0.0490 e. The van der Waals surface area contributed by atoms with Gasteiger partial charge >= 0.3 is 0 Å². The van der Waals surface area contributed by atoms with Crippen LogP contribution in [0.3, 0.4) is 0 Å². The molecule has 0 amide bonds. The first kappa shape index (κ1) is 10.6. The molecule has 1 fully saturated rings. The molecule has 1 aliphatic heterocycles. The summed E-state index contributed by atoms with van der Waals surface area (Å²) in [6, 6.07) is 2.66. The summed E-state index contributed by atoms with van der Waals surface area (Å²) < 4.78 is 0. The van der Waals surface area contributed by atoms with Crippen LogP contribution in [0.4, 0.5) is 0 Å². The molecule has 4 nitrogen and oxygen atoms in total. The van der Waals surface area contributed by atoms with Crippen LogP contribution < -0.4 is 5.32 Å². The molecule has 2 N–H and O–H groups in total. The van der Waals surface area contributed by atoms with E-state index in [0.717, 1.165) is 6.54 Å². The molecule has 1 aliphatic rings. The number of nitrogens with one attached hydrogen (secondary N) is 2. The summed E-state index contributed by atoms with van der Waals surface area (Å²) in [6.07, 6.45) is 4.41. The minimum atomic E-state index is 0.641. The van der Waals surface area contributed by atoms with Gasteiger partial charge in [0.25, 0.3) is 0 Å². The second-order valence-electron chi connectivity index (χ2n) is 4.20. The lowest BCUT2D eigenvalue weighted by Crippen LogP contribution is -2.45. The summed E-state index contributed by atoms with van der Waals surface area (Å²) in [7, 11) is 0. The molecule has 0 aliphatic carbocycles. The number of hydrogen-bond acceptors (Lipinski definition) is 3. The number of aromatic nitrogens is 2. The second kappa shape index (κ2) is 5.28. The van der Waals surface area contributed by atoms with Crippen LogP contribution in [0.1, 0.15) is 25.5 Å². The fraction of sp³-hybridized carbons (Fsp3) is 0.727. The third kappa shape index (κ3) is 3.04. The SMILES string of the molecule is CCN1CCCC(NCc2ccn[nH]2)C1. The number of piperidine rings is 1. The van der Waals surface area contributed by atoms with Gasteiger partial charge < -0.3 is 10.2 Å². The highest BCUT2D eigenvalue weighted by molar-refractivity contribution is 4.97. The maximum Gasteiger partial charge on any atom is 0.0490 e. The number of likely N-dealkylation sites (N-methyl/N-ethyl adjacent to an activating group) is 1. The van der Waals surface area contributed by atoms with Crippen LogP contribution in [0.15, 0.2) is 12.3 Å². The van der Waals surface area contributed by atoms with E-state index in [-0.39, 0.29) is 0 Å². The Hall–Kier alpha value is -0.870. The Morgan fingerprint density at radius 1 is 1.67 bits per heavy atom. The maximum atomic E-state index is 3.94. The fourth-order valence-corrected chi connectivity index (χ4v) is 2.15. The van der Waals surface area contributed by atoms with Crippen LogP contribution in [-0.4, -0.2) is 40.8 Å². The Morgan fingerprint density at radius 3 is 3.33 bits per heavy atom. The highest BCUT2D eigenvalue weighted by Gasteiger charge is 2.17. The Kier molecular flexibility index (Phi) is 3.75. The van der Waals surface area contributed by atoms with E-state index < -0.39 is 0 Å². The minimum Gasteiger partial charge on any atom is -0.307 e. The molecule has 0 bridgehead atoms. The molecular weight excluding hydrogens is 188 g/mol. The van der Waals surface area contributed by atoms with E-state index in [2.05, 4.69) is 27.3 Å². The number of hydrogen-bond donors (Lipinski definition) is 2. The Labute approximate surface area is 91.1 Å². The average Bonchev–Trinajstić information content (AvgIpc) is 2.79. The van der Waals surface area contributed by atoms with Crippen LogP contribution in [0.2, 0.25) is 0 Å². The van der Waals surface area contributed by atoms with Crippen molar-refractivity contribution in [2.45, 2.75) is 32.4 Å². The zero-order valence-electron chi connectivity index (χ0n) is 9.37. The lowest BCUT2D eigenvalue weighted by atomic mass is 10.1. The van der Waals surface area contributed by atoms with Crippen LogP contribution in [-0.2, 0) is 6.54 Å². The van der Waals surface area contributed by atoms with Crippen molar-refractivity contribution >= 4 is 0 Å². The van der Waals surface area contributed by atoms with Gasteiger partial charge in [0, 0.05) is 31.0 Å². The first-order chi connectivity index (χ1) is 7.38. The molecule has 1 saturated heterocycles. The van der Waals surface area contributed by atoms with Crippen molar-refractivity contribution in [3.8, 4) is 0 Å². The van der Waals surface area contributed by atoms with Gasteiger partial charge in [-0.05, 0) is 32.0 Å². The van der Waals surface area contributed by atoms with Gasteiger partial charge in [-0.3, -0.25) is 5.10 Å². The molecule has 0 aromatic carbocycles. The summed E-state index contributed by atoms with van der Waals surface area (Å²) in [4.78, 5) is 2.51. The van der Waals surface area contributed by atoms with Crippen molar-refractivity contribution in [3.05, 3.63) is 18.0 Å². The average molecular weight is 208 g/mol. The van der Waals surface area contributed by atoms with Crippen molar-refractivity contribution in [2.24, 2.45) is 0 Å².